The van der Waals surface area contributed by atoms with E-state index in [1.54, 1.807) is 25.3 Å². The van der Waals surface area contributed by atoms with Crippen molar-refractivity contribution in [2.45, 2.75) is 68.8 Å². The molecule has 0 aliphatic heterocycles. The van der Waals surface area contributed by atoms with Gasteiger partial charge in [0, 0.05) is 17.0 Å². The van der Waals surface area contributed by atoms with Gasteiger partial charge in [0.25, 0.3) is 0 Å². The van der Waals surface area contributed by atoms with Crippen LogP contribution in [0.2, 0.25) is 0 Å². The average Bonchev–Trinajstić information content (AvgIpc) is 3.20. The van der Waals surface area contributed by atoms with E-state index in [1.807, 2.05) is 19.1 Å². The molecule has 172 valence electrons. The molecule has 0 saturated carbocycles. The number of nitrogens with zero attached hydrogens (tertiary/aromatic N) is 4. The Hall–Kier alpha value is -2.24. The summed E-state index contributed by atoms with van der Waals surface area (Å²) in [4.78, 5) is 13.8. The topological polar surface area (TPSA) is 116 Å². The van der Waals surface area contributed by atoms with E-state index >= 15 is 0 Å². The summed E-state index contributed by atoms with van der Waals surface area (Å²) in [5, 5.41) is 0.537. The van der Waals surface area contributed by atoms with Crippen LogP contribution in [0.4, 0.5) is 10.2 Å². The number of alkyl halides is 1. The Morgan fingerprint density at radius 1 is 1.31 bits per heavy atom. The molecule has 0 radical (unpaired) electrons. The van der Waals surface area contributed by atoms with E-state index < -0.39 is 21.7 Å². The number of nitrogen functional groups attached to an aromatic ring is 1. The molecule has 1 aliphatic carbocycles. The highest BCUT2D eigenvalue weighted by molar-refractivity contribution is 7.99. The van der Waals surface area contributed by atoms with Crippen molar-refractivity contribution >= 4 is 38.8 Å². The predicted octanol–water partition coefficient (Wildman–Crippen LogP) is 3.54. The maximum absolute atomic E-state index is 14.3. The fourth-order valence-electron chi connectivity index (χ4n) is 3.86. The highest BCUT2D eigenvalue weighted by Gasteiger charge is 2.25. The quantitative estimate of drug-likeness (QED) is 0.557. The molecule has 3 aromatic rings. The van der Waals surface area contributed by atoms with Crippen molar-refractivity contribution in [1.29, 1.82) is 0 Å². The van der Waals surface area contributed by atoms with Gasteiger partial charge >= 0.3 is 0 Å². The second kappa shape index (κ2) is 8.27. The molecule has 11 heteroatoms. The third-order valence-electron chi connectivity index (χ3n) is 5.21. The lowest BCUT2D eigenvalue weighted by molar-refractivity contribution is 0.343. The predicted molar refractivity (Wildman–Crippen MR) is 124 cm³/mol. The van der Waals surface area contributed by atoms with Gasteiger partial charge in [0.1, 0.15) is 12.5 Å². The number of fused-ring (bicyclic) bond motifs is 2. The summed E-state index contributed by atoms with van der Waals surface area (Å²) < 4.78 is 43.9. The minimum Gasteiger partial charge on any atom is -0.382 e. The van der Waals surface area contributed by atoms with Crippen molar-refractivity contribution in [1.82, 2.24) is 24.2 Å². The minimum atomic E-state index is -3.54. The van der Waals surface area contributed by atoms with Gasteiger partial charge < -0.3 is 10.3 Å². The van der Waals surface area contributed by atoms with Gasteiger partial charge in [-0.05, 0) is 63.3 Å². The Morgan fingerprint density at radius 2 is 2.06 bits per heavy atom. The van der Waals surface area contributed by atoms with E-state index in [4.69, 9.17) is 5.73 Å². The zero-order valence-corrected chi connectivity index (χ0v) is 20.1. The lowest BCUT2D eigenvalue weighted by Gasteiger charge is -2.20. The molecule has 1 aromatic carbocycles. The number of aromatic nitrogens is 4. The third kappa shape index (κ3) is 4.74. The van der Waals surface area contributed by atoms with Crippen LogP contribution in [-0.2, 0) is 23.0 Å². The number of imidazole rings is 1. The summed E-state index contributed by atoms with van der Waals surface area (Å²) in [6.45, 7) is 7.49. The molecule has 4 rings (SSSR count). The van der Waals surface area contributed by atoms with Crippen LogP contribution in [0, 0.1) is 6.92 Å². The number of aryl methyl sites for hydroxylation is 3. The van der Waals surface area contributed by atoms with Crippen LogP contribution in [0.15, 0.2) is 28.5 Å². The van der Waals surface area contributed by atoms with Gasteiger partial charge in [0.2, 0.25) is 10.0 Å². The highest BCUT2D eigenvalue weighted by Crippen LogP contribution is 2.40. The van der Waals surface area contributed by atoms with Gasteiger partial charge in [-0.2, -0.15) is 0 Å². The fourth-order valence-corrected chi connectivity index (χ4v) is 6.35. The maximum atomic E-state index is 14.3. The molecule has 0 saturated heterocycles. The number of hydrogen-bond acceptors (Lipinski definition) is 7. The molecule has 1 aliphatic rings. The Labute approximate surface area is 191 Å². The number of benzene rings is 1. The molecule has 1 unspecified atom stereocenters. The van der Waals surface area contributed by atoms with Gasteiger partial charge in [-0.15, -0.1) is 0 Å². The summed E-state index contributed by atoms with van der Waals surface area (Å²) in [7, 11) is -3.54. The molecular weight excluding hydrogens is 451 g/mol. The molecular formula is C21H27FN6O2S2. The van der Waals surface area contributed by atoms with Gasteiger partial charge in [0.05, 0.1) is 5.75 Å². The van der Waals surface area contributed by atoms with Crippen LogP contribution in [0.5, 0.6) is 0 Å². The SMILES string of the molecule is Cc1cc2c(cc1Sc1nc3c(N)ncnc3n1CCS(=O)(=O)NC(C)(C)C)C(F)CC2. The second-order valence-corrected chi connectivity index (χ2v) is 11.9. The first-order valence-electron chi connectivity index (χ1n) is 10.4. The van der Waals surface area contributed by atoms with Crippen molar-refractivity contribution in [3.05, 3.63) is 35.2 Å². The zero-order valence-electron chi connectivity index (χ0n) is 18.5. The van der Waals surface area contributed by atoms with Gasteiger partial charge in [-0.1, -0.05) is 17.8 Å². The summed E-state index contributed by atoms with van der Waals surface area (Å²) in [6.07, 6.45) is 1.62. The Morgan fingerprint density at radius 3 is 2.78 bits per heavy atom. The van der Waals surface area contributed by atoms with E-state index in [0.717, 1.165) is 28.0 Å². The molecule has 3 N–H and O–H groups in total. The normalized spacial score (nSPS) is 16.6. The van der Waals surface area contributed by atoms with E-state index in [0.29, 0.717) is 22.7 Å². The standard InChI is InChI=1S/C21H27FN6O2S2/c1-12-9-13-5-6-15(22)14(13)10-16(12)31-20-26-17-18(23)24-11-25-19(17)28(20)7-8-32(29,30)27-21(2,3)4/h9-11,15,27H,5-8H2,1-4H3,(H2,23,24,25). The molecule has 0 bridgehead atoms. The highest BCUT2D eigenvalue weighted by atomic mass is 32.2. The lowest BCUT2D eigenvalue weighted by Crippen LogP contribution is -2.42. The summed E-state index contributed by atoms with van der Waals surface area (Å²) in [6, 6.07) is 3.90. The maximum Gasteiger partial charge on any atom is 0.213 e. The Balaban J connectivity index is 1.71. The Kier molecular flexibility index (Phi) is 5.93. The Bertz CT molecular complexity index is 1280. The van der Waals surface area contributed by atoms with Gasteiger partial charge in [-0.3, -0.25) is 0 Å². The molecule has 2 heterocycles. The minimum absolute atomic E-state index is 0.135. The first-order chi connectivity index (χ1) is 14.9. The van der Waals surface area contributed by atoms with Crippen molar-refractivity contribution < 1.29 is 12.8 Å². The van der Waals surface area contributed by atoms with E-state index in [2.05, 4.69) is 19.7 Å². The lowest BCUT2D eigenvalue weighted by atomic mass is 10.1. The summed E-state index contributed by atoms with van der Waals surface area (Å²) in [5.74, 6) is 0.0731. The van der Waals surface area contributed by atoms with E-state index in [-0.39, 0.29) is 18.1 Å². The fraction of sp³-hybridized carbons (Fsp3) is 0.476. The van der Waals surface area contributed by atoms with Crippen LogP contribution < -0.4 is 10.5 Å². The van der Waals surface area contributed by atoms with Crippen LogP contribution in [0.25, 0.3) is 11.2 Å². The number of anilines is 1. The molecule has 2 aromatic heterocycles. The molecule has 1 atom stereocenters. The largest absolute Gasteiger partial charge is 0.382 e. The van der Waals surface area contributed by atoms with Crippen LogP contribution in [0.3, 0.4) is 0 Å². The molecule has 0 fully saturated rings. The summed E-state index contributed by atoms with van der Waals surface area (Å²) >= 11 is 1.35. The van der Waals surface area contributed by atoms with Crippen molar-refractivity contribution in [3.8, 4) is 0 Å². The molecule has 8 nitrogen and oxygen atoms in total. The van der Waals surface area contributed by atoms with E-state index in [9.17, 15) is 12.8 Å². The average molecular weight is 479 g/mol. The van der Waals surface area contributed by atoms with Gasteiger partial charge in [0.15, 0.2) is 22.1 Å². The number of nitrogens with two attached hydrogens (primary N) is 1. The van der Waals surface area contributed by atoms with Crippen molar-refractivity contribution in [2.75, 3.05) is 11.5 Å². The van der Waals surface area contributed by atoms with Crippen LogP contribution >= 0.6 is 11.8 Å². The first kappa shape index (κ1) is 22.9. The van der Waals surface area contributed by atoms with Crippen LogP contribution in [-0.4, -0.2) is 39.2 Å². The van der Waals surface area contributed by atoms with Crippen LogP contribution in [0.1, 0.15) is 50.1 Å². The van der Waals surface area contributed by atoms with E-state index in [1.165, 1.54) is 18.1 Å². The number of nitrogens with one attached hydrogen (secondary N) is 1. The number of sulfonamides is 1. The zero-order chi connectivity index (χ0) is 23.3. The van der Waals surface area contributed by atoms with Crippen molar-refractivity contribution in [2.24, 2.45) is 0 Å². The number of rotatable bonds is 6. The molecule has 0 amide bonds. The summed E-state index contributed by atoms with van der Waals surface area (Å²) in [5.41, 5.74) is 9.08. The molecule has 0 spiro atoms. The van der Waals surface area contributed by atoms with Gasteiger partial charge in [-0.25, -0.2) is 32.5 Å². The second-order valence-electron chi connectivity index (χ2n) is 9.07. The third-order valence-corrected chi connectivity index (χ3v) is 8.01. The van der Waals surface area contributed by atoms with Crippen molar-refractivity contribution in [3.63, 3.8) is 0 Å². The smallest absolute Gasteiger partial charge is 0.213 e. The first-order valence-corrected chi connectivity index (χ1v) is 12.8. The number of halogens is 1. The number of hydrogen-bond donors (Lipinski definition) is 2. The molecule has 32 heavy (non-hydrogen) atoms. The monoisotopic (exact) mass is 478 g/mol.